The lowest BCUT2D eigenvalue weighted by molar-refractivity contribution is -0.142. The lowest BCUT2D eigenvalue weighted by atomic mass is 10.3. The van der Waals surface area contributed by atoms with Crippen LogP contribution >= 0.6 is 11.3 Å². The first-order chi connectivity index (χ1) is 11.0. The van der Waals surface area contributed by atoms with Gasteiger partial charge in [0.05, 0.1) is 18.7 Å². The monoisotopic (exact) mass is 338 g/mol. The molecule has 0 bridgehead atoms. The van der Waals surface area contributed by atoms with Gasteiger partial charge in [0.25, 0.3) is 5.91 Å². The van der Waals surface area contributed by atoms with Crippen LogP contribution in [0.1, 0.15) is 19.5 Å². The minimum Gasteiger partial charge on any atom is -0.466 e. The first-order valence-electron chi connectivity index (χ1n) is 6.91. The molecule has 1 rings (SSSR count). The number of allylic oxidation sites excluding steroid dienone is 3. The van der Waals surface area contributed by atoms with Gasteiger partial charge in [-0.2, -0.15) is 0 Å². The summed E-state index contributed by atoms with van der Waals surface area (Å²) in [5, 5.41) is 4.47. The van der Waals surface area contributed by atoms with E-state index in [9.17, 15) is 14.4 Å². The molecule has 1 aromatic heterocycles. The zero-order valence-electron chi connectivity index (χ0n) is 12.9. The number of anilines is 1. The predicted octanol–water partition coefficient (Wildman–Crippen LogP) is 1.86. The third-order valence-electron chi connectivity index (χ3n) is 2.31. The first-order valence-corrected chi connectivity index (χ1v) is 7.79. The maximum absolute atomic E-state index is 11.6. The number of carbonyl (C=O) groups excluding carboxylic acids is 3. The van der Waals surface area contributed by atoms with Gasteiger partial charge in [0.1, 0.15) is 0 Å². The van der Waals surface area contributed by atoms with Crippen LogP contribution in [-0.2, 0) is 30.3 Å². The smallest absolute Gasteiger partial charge is 0.331 e. The summed E-state index contributed by atoms with van der Waals surface area (Å²) in [5.74, 6) is -1.49. The summed E-state index contributed by atoms with van der Waals surface area (Å²) in [6, 6.07) is 0. The number of esters is 2. The van der Waals surface area contributed by atoms with E-state index in [0.717, 1.165) is 0 Å². The number of amides is 1. The Hall–Kier alpha value is -2.48. The fourth-order valence-corrected chi connectivity index (χ4v) is 2.12. The van der Waals surface area contributed by atoms with Crippen LogP contribution in [0.4, 0.5) is 5.13 Å². The molecule has 0 atom stereocenters. The predicted molar refractivity (Wildman–Crippen MR) is 86.0 cm³/mol. The maximum atomic E-state index is 11.6. The molecule has 1 aromatic rings. The number of nitrogens with zero attached hydrogens (tertiary/aromatic N) is 1. The molecule has 7 nitrogen and oxygen atoms in total. The lowest BCUT2D eigenvalue weighted by Gasteiger charge is -2.02. The molecule has 1 heterocycles. The number of thiazole rings is 1. The second-order valence-electron chi connectivity index (χ2n) is 4.17. The van der Waals surface area contributed by atoms with E-state index in [1.807, 2.05) is 6.92 Å². The number of rotatable bonds is 8. The Labute approximate surface area is 138 Å². The van der Waals surface area contributed by atoms with Gasteiger partial charge in [-0.25, -0.2) is 9.78 Å². The topological polar surface area (TPSA) is 94.6 Å². The molecule has 1 amide bonds. The summed E-state index contributed by atoms with van der Waals surface area (Å²) in [6.45, 7) is 3.43. The Bertz CT molecular complexity index is 607. The standard InChI is InChI=1S/C15H18N2O5S/c1-3-5-6-7-13(19)22-9-12(18)17-15-16-11(10-23-15)8-14(20)21-4-2/h3,5-7,10H,4,8-9H2,1-2H3,(H,16,17,18)/b5-3+,7-6+. The van der Waals surface area contributed by atoms with Gasteiger partial charge >= 0.3 is 11.9 Å². The van der Waals surface area contributed by atoms with Crippen molar-refractivity contribution in [1.82, 2.24) is 4.98 Å². The number of hydrogen-bond donors (Lipinski definition) is 1. The number of aromatic nitrogens is 1. The van der Waals surface area contributed by atoms with Crippen LogP contribution in [0, 0.1) is 0 Å². The average Bonchev–Trinajstić information content (AvgIpc) is 2.92. The highest BCUT2D eigenvalue weighted by molar-refractivity contribution is 7.13. The fourth-order valence-electron chi connectivity index (χ4n) is 1.39. The summed E-state index contributed by atoms with van der Waals surface area (Å²) < 4.78 is 9.57. The Balaban J connectivity index is 2.38. The maximum Gasteiger partial charge on any atom is 0.331 e. The van der Waals surface area contributed by atoms with Gasteiger partial charge in [-0.05, 0) is 13.8 Å². The summed E-state index contributed by atoms with van der Waals surface area (Å²) in [7, 11) is 0. The molecule has 0 unspecified atom stereocenters. The molecule has 0 saturated heterocycles. The van der Waals surface area contributed by atoms with Crippen LogP contribution in [-0.4, -0.2) is 36.0 Å². The van der Waals surface area contributed by atoms with Crippen LogP contribution in [0.15, 0.2) is 29.7 Å². The molecule has 0 fully saturated rings. The van der Waals surface area contributed by atoms with Crippen molar-refractivity contribution < 1.29 is 23.9 Å². The minimum absolute atomic E-state index is 0.0466. The Morgan fingerprint density at radius 3 is 2.78 bits per heavy atom. The second-order valence-corrected chi connectivity index (χ2v) is 5.02. The molecule has 0 aliphatic carbocycles. The molecule has 0 aliphatic heterocycles. The fraction of sp³-hybridized carbons (Fsp3) is 0.333. The molecule has 8 heteroatoms. The van der Waals surface area contributed by atoms with E-state index >= 15 is 0 Å². The molecule has 23 heavy (non-hydrogen) atoms. The van der Waals surface area contributed by atoms with E-state index in [0.29, 0.717) is 17.4 Å². The summed E-state index contributed by atoms with van der Waals surface area (Å²) in [5.41, 5.74) is 0.509. The molecule has 0 saturated carbocycles. The highest BCUT2D eigenvalue weighted by Crippen LogP contribution is 2.16. The SMILES string of the molecule is C/C=C/C=C/C(=O)OCC(=O)Nc1nc(CC(=O)OCC)cs1. The Morgan fingerprint density at radius 2 is 2.09 bits per heavy atom. The van der Waals surface area contributed by atoms with Crippen molar-refractivity contribution in [3.8, 4) is 0 Å². The van der Waals surface area contributed by atoms with Gasteiger partial charge in [0.2, 0.25) is 0 Å². The first kappa shape index (κ1) is 18.6. The normalized spacial score (nSPS) is 10.9. The van der Waals surface area contributed by atoms with Gasteiger partial charge < -0.3 is 9.47 Å². The third kappa shape index (κ3) is 7.91. The van der Waals surface area contributed by atoms with Crippen LogP contribution in [0.2, 0.25) is 0 Å². The van der Waals surface area contributed by atoms with Crippen molar-refractivity contribution in [2.75, 3.05) is 18.5 Å². The highest BCUT2D eigenvalue weighted by atomic mass is 32.1. The van der Waals surface area contributed by atoms with Crippen LogP contribution in [0.25, 0.3) is 0 Å². The summed E-state index contributed by atoms with van der Waals surface area (Å²) >= 11 is 1.17. The molecule has 0 aliphatic rings. The van der Waals surface area contributed by atoms with Crippen molar-refractivity contribution in [2.24, 2.45) is 0 Å². The van der Waals surface area contributed by atoms with Crippen molar-refractivity contribution in [3.63, 3.8) is 0 Å². The van der Waals surface area contributed by atoms with E-state index in [4.69, 9.17) is 9.47 Å². The zero-order chi connectivity index (χ0) is 17.1. The molecule has 124 valence electrons. The van der Waals surface area contributed by atoms with Gasteiger partial charge in [-0.15, -0.1) is 11.3 Å². The van der Waals surface area contributed by atoms with Crippen LogP contribution in [0.5, 0.6) is 0 Å². The van der Waals surface area contributed by atoms with E-state index in [1.54, 1.807) is 24.5 Å². The Kier molecular flexibility index (Phi) is 8.30. The number of carbonyl (C=O) groups is 3. The zero-order valence-corrected chi connectivity index (χ0v) is 13.7. The van der Waals surface area contributed by atoms with Crippen molar-refractivity contribution in [2.45, 2.75) is 20.3 Å². The number of hydrogen-bond acceptors (Lipinski definition) is 7. The van der Waals surface area contributed by atoms with E-state index in [1.165, 1.54) is 23.5 Å². The summed E-state index contributed by atoms with van der Waals surface area (Å²) in [4.78, 5) is 38.3. The highest BCUT2D eigenvalue weighted by Gasteiger charge is 2.11. The largest absolute Gasteiger partial charge is 0.466 e. The van der Waals surface area contributed by atoms with Crippen LogP contribution in [0.3, 0.4) is 0 Å². The quantitative estimate of drug-likeness (QED) is 0.442. The Morgan fingerprint density at radius 1 is 1.30 bits per heavy atom. The molecular formula is C15H18N2O5S. The molecule has 0 aromatic carbocycles. The number of nitrogens with one attached hydrogen (secondary N) is 1. The molecule has 0 spiro atoms. The van der Waals surface area contributed by atoms with Crippen molar-refractivity contribution >= 4 is 34.3 Å². The van der Waals surface area contributed by atoms with Gasteiger partial charge in [0.15, 0.2) is 11.7 Å². The van der Waals surface area contributed by atoms with Crippen molar-refractivity contribution in [1.29, 1.82) is 0 Å². The average molecular weight is 338 g/mol. The van der Waals surface area contributed by atoms with Crippen molar-refractivity contribution in [3.05, 3.63) is 35.4 Å². The summed E-state index contributed by atoms with van der Waals surface area (Å²) in [6.07, 6.45) is 6.20. The van der Waals surface area contributed by atoms with Gasteiger partial charge in [-0.3, -0.25) is 14.9 Å². The van der Waals surface area contributed by atoms with E-state index < -0.39 is 18.5 Å². The number of ether oxygens (including phenoxy) is 2. The van der Waals surface area contributed by atoms with Gasteiger partial charge in [0, 0.05) is 11.5 Å². The van der Waals surface area contributed by atoms with E-state index in [2.05, 4.69) is 10.3 Å². The van der Waals surface area contributed by atoms with Crippen LogP contribution < -0.4 is 5.32 Å². The van der Waals surface area contributed by atoms with E-state index in [-0.39, 0.29) is 12.4 Å². The lowest BCUT2D eigenvalue weighted by Crippen LogP contribution is -2.20. The second kappa shape index (κ2) is 10.3. The molecule has 0 radical (unpaired) electrons. The molecular weight excluding hydrogens is 320 g/mol. The third-order valence-corrected chi connectivity index (χ3v) is 3.12. The minimum atomic E-state index is -0.611. The van der Waals surface area contributed by atoms with Gasteiger partial charge in [-0.1, -0.05) is 18.2 Å². The molecule has 1 N–H and O–H groups in total.